The van der Waals surface area contributed by atoms with Gasteiger partial charge in [-0.3, -0.25) is 29.6 Å². The lowest BCUT2D eigenvalue weighted by molar-refractivity contribution is -0.394. The number of aromatic nitrogens is 1. The molecule has 0 saturated heterocycles. The second kappa shape index (κ2) is 15.2. The van der Waals surface area contributed by atoms with Crippen LogP contribution < -0.4 is 33.8 Å². The number of thiazole rings is 1. The fraction of sp³-hybridized carbons (Fsp3) is 0.162. The van der Waals surface area contributed by atoms with Crippen molar-refractivity contribution in [3.63, 3.8) is 0 Å². The molecule has 16 heteroatoms. The zero-order chi connectivity index (χ0) is 37.8. The predicted octanol–water partition coefficient (Wildman–Crippen LogP) is 5.57. The van der Waals surface area contributed by atoms with E-state index in [9.17, 15) is 29.8 Å². The number of fused-ring (bicyclic) bond motifs is 1. The first-order chi connectivity index (χ1) is 25.6. The van der Waals surface area contributed by atoms with Gasteiger partial charge < -0.3 is 23.7 Å². The molecule has 0 unspecified atom stereocenters. The van der Waals surface area contributed by atoms with Crippen LogP contribution in [0.15, 0.2) is 100 Å². The SMILES string of the molecule is CCOC(=O)C1=C(c2ccccc2)N=c2s/c(=C\c3ccc(Oc4ccc([N+](=O)[O-])cc4[N+](=O)[O-])c(OC)c3)c(=O)n2[C@@H]1c1ccc(OC)c(OC)c1. The molecule has 1 aromatic heterocycles. The monoisotopic (exact) mass is 738 g/mol. The summed E-state index contributed by atoms with van der Waals surface area (Å²) in [6.07, 6.45) is 1.62. The molecule has 0 radical (unpaired) electrons. The number of nitrogens with zero attached hydrogens (tertiary/aromatic N) is 4. The molecule has 53 heavy (non-hydrogen) atoms. The van der Waals surface area contributed by atoms with E-state index in [0.29, 0.717) is 38.7 Å². The number of nitro groups is 2. The quantitative estimate of drug-likeness (QED) is 0.0886. The Hall–Kier alpha value is -6.81. The van der Waals surface area contributed by atoms with Crippen LogP contribution in [0.5, 0.6) is 28.7 Å². The number of non-ortho nitro benzene ring substituents is 1. The Bertz CT molecular complexity index is 2470. The number of methoxy groups -OCH3 is 3. The van der Waals surface area contributed by atoms with Gasteiger partial charge in [-0.25, -0.2) is 9.79 Å². The summed E-state index contributed by atoms with van der Waals surface area (Å²) >= 11 is 1.11. The Morgan fingerprint density at radius 2 is 1.53 bits per heavy atom. The maximum atomic E-state index is 14.4. The minimum atomic E-state index is -0.967. The largest absolute Gasteiger partial charge is 0.493 e. The average Bonchev–Trinajstić information content (AvgIpc) is 3.48. The minimum absolute atomic E-state index is 0.0862. The van der Waals surface area contributed by atoms with Gasteiger partial charge in [0.25, 0.3) is 11.2 Å². The Kier molecular flexibility index (Phi) is 10.3. The van der Waals surface area contributed by atoms with Crippen molar-refractivity contribution in [3.8, 4) is 28.7 Å². The van der Waals surface area contributed by atoms with Crippen molar-refractivity contribution in [1.29, 1.82) is 0 Å². The van der Waals surface area contributed by atoms with E-state index in [1.165, 1.54) is 32.0 Å². The van der Waals surface area contributed by atoms with E-state index in [4.69, 9.17) is 28.7 Å². The fourth-order valence-electron chi connectivity index (χ4n) is 5.76. The highest BCUT2D eigenvalue weighted by molar-refractivity contribution is 7.07. The van der Waals surface area contributed by atoms with Crippen LogP contribution in [0.1, 0.15) is 29.7 Å². The fourth-order valence-corrected chi connectivity index (χ4v) is 6.76. The molecule has 0 bridgehead atoms. The summed E-state index contributed by atoms with van der Waals surface area (Å²) < 4.78 is 29.6. The summed E-state index contributed by atoms with van der Waals surface area (Å²) in [5, 5.41) is 22.8. The summed E-state index contributed by atoms with van der Waals surface area (Å²) in [6, 6.07) is 21.0. The van der Waals surface area contributed by atoms with E-state index >= 15 is 0 Å². The van der Waals surface area contributed by atoms with Crippen molar-refractivity contribution in [2.75, 3.05) is 27.9 Å². The van der Waals surface area contributed by atoms with Gasteiger partial charge in [-0.1, -0.05) is 53.8 Å². The highest BCUT2D eigenvalue weighted by atomic mass is 32.1. The first-order valence-corrected chi connectivity index (χ1v) is 16.7. The maximum Gasteiger partial charge on any atom is 0.338 e. The number of rotatable bonds is 12. The van der Waals surface area contributed by atoms with Crippen molar-refractivity contribution < 1.29 is 38.3 Å². The molecule has 15 nitrogen and oxygen atoms in total. The molecule has 4 aromatic carbocycles. The maximum absolute atomic E-state index is 14.4. The van der Waals surface area contributed by atoms with E-state index in [1.54, 1.807) is 43.3 Å². The van der Waals surface area contributed by atoms with Crippen LogP contribution in [0.2, 0.25) is 0 Å². The Balaban J connectivity index is 1.50. The summed E-state index contributed by atoms with van der Waals surface area (Å²) in [5.41, 5.74) is 0.695. The smallest absolute Gasteiger partial charge is 0.338 e. The molecule has 0 aliphatic carbocycles. The minimum Gasteiger partial charge on any atom is -0.493 e. The van der Waals surface area contributed by atoms with Crippen LogP contribution >= 0.6 is 11.3 Å². The Morgan fingerprint density at radius 3 is 2.19 bits per heavy atom. The number of carbonyl (C=O) groups excluding carboxylic acids is 1. The van der Waals surface area contributed by atoms with E-state index < -0.39 is 38.8 Å². The van der Waals surface area contributed by atoms with Gasteiger partial charge in [0, 0.05) is 11.6 Å². The van der Waals surface area contributed by atoms with Gasteiger partial charge in [0.1, 0.15) is 0 Å². The average molecular weight is 739 g/mol. The zero-order valence-corrected chi connectivity index (χ0v) is 29.4. The first kappa shape index (κ1) is 36.0. The summed E-state index contributed by atoms with van der Waals surface area (Å²) in [6.45, 7) is 1.78. The number of hydrogen-bond acceptors (Lipinski definition) is 13. The summed E-state index contributed by atoms with van der Waals surface area (Å²) in [4.78, 5) is 54.7. The van der Waals surface area contributed by atoms with Crippen LogP contribution in [-0.2, 0) is 9.53 Å². The standard InChI is InChI=1S/C37H30N4O11S/c1-5-51-36(43)32-33(22-9-7-6-8-10-22)38-37-39(34(32)23-12-15-27(48-2)30(19-23)50-4)35(42)31(53-37)18-21-11-14-28(29(17-21)49-3)52-26-16-13-24(40(44)45)20-25(26)41(46)47/h6-20,34H,5H2,1-4H3/b31-18-/t34-/m1/s1. The van der Waals surface area contributed by atoms with Crippen LogP contribution in [0.25, 0.3) is 11.8 Å². The molecule has 0 spiro atoms. The van der Waals surface area contributed by atoms with E-state index in [1.807, 2.05) is 30.3 Å². The topological polar surface area (TPSA) is 184 Å². The number of nitro benzene ring substituents is 2. The van der Waals surface area contributed by atoms with Crippen LogP contribution in [-0.4, -0.2) is 48.3 Å². The summed E-state index contributed by atoms with van der Waals surface area (Å²) in [5.74, 6) is 0.223. The molecular weight excluding hydrogens is 708 g/mol. The highest BCUT2D eigenvalue weighted by Gasteiger charge is 2.35. The van der Waals surface area contributed by atoms with Gasteiger partial charge in [0.2, 0.25) is 5.75 Å². The molecule has 0 saturated carbocycles. The van der Waals surface area contributed by atoms with Gasteiger partial charge in [0.15, 0.2) is 27.8 Å². The van der Waals surface area contributed by atoms with Gasteiger partial charge in [-0.15, -0.1) is 0 Å². The lowest BCUT2D eigenvalue weighted by Gasteiger charge is -2.26. The first-order valence-electron chi connectivity index (χ1n) is 15.9. The van der Waals surface area contributed by atoms with Gasteiger partial charge >= 0.3 is 11.7 Å². The zero-order valence-electron chi connectivity index (χ0n) is 28.6. The lowest BCUT2D eigenvalue weighted by atomic mass is 9.93. The van der Waals surface area contributed by atoms with E-state index in [-0.39, 0.29) is 34.0 Å². The summed E-state index contributed by atoms with van der Waals surface area (Å²) in [7, 11) is 4.36. The van der Waals surface area contributed by atoms with Crippen molar-refractivity contribution in [3.05, 3.63) is 147 Å². The molecule has 0 fully saturated rings. The number of benzene rings is 4. The molecule has 5 aromatic rings. The molecule has 0 amide bonds. The van der Waals surface area contributed by atoms with Gasteiger partial charge in [-0.05, 0) is 54.5 Å². The second-order valence-corrected chi connectivity index (χ2v) is 12.2. The van der Waals surface area contributed by atoms with Crippen molar-refractivity contribution in [1.82, 2.24) is 4.57 Å². The molecular formula is C37H30N4O11S. The van der Waals surface area contributed by atoms with Gasteiger partial charge in [-0.2, -0.15) is 0 Å². The van der Waals surface area contributed by atoms with Crippen LogP contribution in [0.3, 0.4) is 0 Å². The van der Waals surface area contributed by atoms with Crippen LogP contribution in [0.4, 0.5) is 11.4 Å². The van der Waals surface area contributed by atoms with Gasteiger partial charge in [0.05, 0.1) is 65.7 Å². The molecule has 270 valence electrons. The third kappa shape index (κ3) is 7.07. The van der Waals surface area contributed by atoms with Crippen molar-refractivity contribution >= 4 is 40.5 Å². The number of hydrogen-bond donors (Lipinski definition) is 0. The van der Waals surface area contributed by atoms with E-state index in [2.05, 4.69) is 0 Å². The lowest BCUT2D eigenvalue weighted by Crippen LogP contribution is -2.40. The second-order valence-electron chi connectivity index (χ2n) is 11.2. The predicted molar refractivity (Wildman–Crippen MR) is 193 cm³/mol. The molecule has 1 aliphatic heterocycles. The molecule has 2 heterocycles. The number of ether oxygens (including phenoxy) is 5. The van der Waals surface area contributed by atoms with Crippen molar-refractivity contribution in [2.24, 2.45) is 4.99 Å². The number of carbonyl (C=O) groups is 1. The normalized spacial score (nSPS) is 13.8. The number of esters is 1. The van der Waals surface area contributed by atoms with Crippen LogP contribution in [0, 0.1) is 20.2 Å². The molecule has 0 N–H and O–H groups in total. The molecule has 6 rings (SSSR count). The van der Waals surface area contributed by atoms with Crippen molar-refractivity contribution in [2.45, 2.75) is 13.0 Å². The Labute approximate surface area is 304 Å². The molecule has 1 aliphatic rings. The molecule has 1 atom stereocenters. The van der Waals surface area contributed by atoms with E-state index in [0.717, 1.165) is 29.5 Å². The highest BCUT2D eigenvalue weighted by Crippen LogP contribution is 2.40. The Morgan fingerprint density at radius 1 is 0.849 bits per heavy atom. The third-order valence-electron chi connectivity index (χ3n) is 8.15. The third-order valence-corrected chi connectivity index (χ3v) is 9.14.